The van der Waals surface area contributed by atoms with Gasteiger partial charge in [-0.15, -0.1) is 0 Å². The van der Waals surface area contributed by atoms with E-state index in [0.717, 1.165) is 31.7 Å². The fourth-order valence-electron chi connectivity index (χ4n) is 2.99. The summed E-state index contributed by atoms with van der Waals surface area (Å²) in [7, 11) is 0. The number of nitrogens with one attached hydrogen (secondary N) is 2. The van der Waals surface area contributed by atoms with Crippen LogP contribution < -0.4 is 10.6 Å². The number of benzene rings is 2. The molecule has 4 heteroatoms. The number of carbonyl (C=O) groups is 1. The molecular weight excluding hydrogens is 300 g/mol. The molecule has 1 fully saturated rings. The average molecular weight is 324 g/mol. The van der Waals surface area contributed by atoms with E-state index in [1.807, 2.05) is 48.5 Å². The van der Waals surface area contributed by atoms with Gasteiger partial charge in [0.15, 0.2) is 0 Å². The van der Waals surface area contributed by atoms with Crippen LogP contribution in [-0.4, -0.2) is 25.2 Å². The van der Waals surface area contributed by atoms with E-state index >= 15 is 0 Å². The summed E-state index contributed by atoms with van der Waals surface area (Å²) < 4.78 is 5.40. The van der Waals surface area contributed by atoms with Gasteiger partial charge in [0.1, 0.15) is 0 Å². The number of anilines is 1. The van der Waals surface area contributed by atoms with Crippen molar-refractivity contribution >= 4 is 11.6 Å². The SMILES string of the molecule is C[C@@H](NC1CCOCC1)c1cccc(NC(=O)c2ccccc2)c1. The zero-order valence-corrected chi connectivity index (χ0v) is 14.0. The molecule has 2 aromatic rings. The molecule has 0 aromatic heterocycles. The van der Waals surface area contributed by atoms with Crippen LogP contribution in [0.5, 0.6) is 0 Å². The van der Waals surface area contributed by atoms with Crippen LogP contribution in [0, 0.1) is 0 Å². The van der Waals surface area contributed by atoms with Crippen LogP contribution in [-0.2, 0) is 4.74 Å². The molecule has 24 heavy (non-hydrogen) atoms. The summed E-state index contributed by atoms with van der Waals surface area (Å²) in [5.41, 5.74) is 2.66. The number of amides is 1. The van der Waals surface area contributed by atoms with E-state index in [1.54, 1.807) is 0 Å². The summed E-state index contributed by atoms with van der Waals surface area (Å²) in [6.45, 7) is 3.82. The lowest BCUT2D eigenvalue weighted by atomic mass is 10.0. The molecule has 4 nitrogen and oxygen atoms in total. The van der Waals surface area contributed by atoms with E-state index in [4.69, 9.17) is 4.74 Å². The Morgan fingerprint density at radius 1 is 1.08 bits per heavy atom. The third-order valence-electron chi connectivity index (χ3n) is 4.39. The van der Waals surface area contributed by atoms with E-state index in [9.17, 15) is 4.79 Å². The third-order valence-corrected chi connectivity index (χ3v) is 4.39. The zero-order valence-electron chi connectivity index (χ0n) is 14.0. The van der Waals surface area contributed by atoms with Gasteiger partial charge < -0.3 is 15.4 Å². The number of rotatable bonds is 5. The van der Waals surface area contributed by atoms with Crippen molar-refractivity contribution < 1.29 is 9.53 Å². The molecule has 0 aliphatic carbocycles. The van der Waals surface area contributed by atoms with Gasteiger partial charge in [-0.3, -0.25) is 4.79 Å². The minimum atomic E-state index is -0.0854. The van der Waals surface area contributed by atoms with Crippen LogP contribution in [0.15, 0.2) is 54.6 Å². The molecular formula is C20H24N2O2. The van der Waals surface area contributed by atoms with E-state index < -0.39 is 0 Å². The number of hydrogen-bond donors (Lipinski definition) is 2. The Bertz CT molecular complexity index is 666. The van der Waals surface area contributed by atoms with Crippen LogP contribution in [0.4, 0.5) is 5.69 Å². The topological polar surface area (TPSA) is 50.4 Å². The van der Waals surface area contributed by atoms with Crippen LogP contribution in [0.3, 0.4) is 0 Å². The normalized spacial score (nSPS) is 16.5. The first-order valence-electron chi connectivity index (χ1n) is 8.52. The van der Waals surface area contributed by atoms with Gasteiger partial charge in [0, 0.05) is 36.5 Å². The Balaban J connectivity index is 1.64. The predicted octanol–water partition coefficient (Wildman–Crippen LogP) is 3.77. The Hall–Kier alpha value is -2.17. The summed E-state index contributed by atoms with van der Waals surface area (Å²) >= 11 is 0. The Kier molecular flexibility index (Phi) is 5.62. The van der Waals surface area contributed by atoms with Crippen molar-refractivity contribution in [3.05, 3.63) is 65.7 Å². The van der Waals surface area contributed by atoms with Crippen LogP contribution in [0.1, 0.15) is 41.7 Å². The highest BCUT2D eigenvalue weighted by atomic mass is 16.5. The average Bonchev–Trinajstić information content (AvgIpc) is 2.63. The summed E-state index contributed by atoms with van der Waals surface area (Å²) in [4.78, 5) is 12.3. The standard InChI is InChI=1S/C20H24N2O2/c1-15(21-18-10-12-24-13-11-18)17-8-5-9-19(14-17)22-20(23)16-6-3-2-4-7-16/h2-9,14-15,18,21H,10-13H2,1H3,(H,22,23)/t15-/m1/s1. The van der Waals surface area contributed by atoms with Crippen LogP contribution in [0.2, 0.25) is 0 Å². The second-order valence-electron chi connectivity index (χ2n) is 6.22. The number of hydrogen-bond acceptors (Lipinski definition) is 3. The Labute approximate surface area is 143 Å². The molecule has 3 rings (SSSR count). The molecule has 0 saturated carbocycles. The second kappa shape index (κ2) is 8.08. The first kappa shape index (κ1) is 16.7. The van der Waals surface area contributed by atoms with Gasteiger partial charge in [0.25, 0.3) is 5.91 Å². The van der Waals surface area contributed by atoms with Crippen molar-refractivity contribution in [1.29, 1.82) is 0 Å². The summed E-state index contributed by atoms with van der Waals surface area (Å²) in [6, 6.07) is 18.0. The highest BCUT2D eigenvalue weighted by Crippen LogP contribution is 2.20. The second-order valence-corrected chi connectivity index (χ2v) is 6.22. The predicted molar refractivity (Wildman–Crippen MR) is 96.2 cm³/mol. The summed E-state index contributed by atoms with van der Waals surface area (Å²) in [5.74, 6) is -0.0854. The molecule has 0 bridgehead atoms. The lowest BCUT2D eigenvalue weighted by molar-refractivity contribution is 0.0754. The maximum absolute atomic E-state index is 12.3. The van der Waals surface area contributed by atoms with E-state index in [-0.39, 0.29) is 11.9 Å². The molecule has 1 heterocycles. The van der Waals surface area contributed by atoms with Gasteiger partial charge in [0.2, 0.25) is 0 Å². The fraction of sp³-hybridized carbons (Fsp3) is 0.350. The third kappa shape index (κ3) is 4.43. The van der Waals surface area contributed by atoms with Gasteiger partial charge in [-0.2, -0.15) is 0 Å². The molecule has 1 saturated heterocycles. The van der Waals surface area contributed by atoms with Crippen molar-refractivity contribution in [3.8, 4) is 0 Å². The smallest absolute Gasteiger partial charge is 0.255 e. The largest absolute Gasteiger partial charge is 0.381 e. The number of ether oxygens (including phenoxy) is 1. The van der Waals surface area contributed by atoms with Gasteiger partial charge in [-0.25, -0.2) is 0 Å². The maximum atomic E-state index is 12.3. The molecule has 1 atom stereocenters. The summed E-state index contributed by atoms with van der Waals surface area (Å²) in [5, 5.41) is 6.63. The molecule has 1 aliphatic rings. The molecule has 0 spiro atoms. The van der Waals surface area contributed by atoms with Crippen molar-refractivity contribution in [2.75, 3.05) is 18.5 Å². The maximum Gasteiger partial charge on any atom is 0.255 e. The van der Waals surface area contributed by atoms with E-state index in [2.05, 4.69) is 23.6 Å². The Morgan fingerprint density at radius 3 is 2.58 bits per heavy atom. The minimum Gasteiger partial charge on any atom is -0.381 e. The minimum absolute atomic E-state index is 0.0854. The van der Waals surface area contributed by atoms with Crippen molar-refractivity contribution in [1.82, 2.24) is 5.32 Å². The molecule has 2 N–H and O–H groups in total. The van der Waals surface area contributed by atoms with Gasteiger partial charge in [-0.1, -0.05) is 30.3 Å². The first-order valence-corrected chi connectivity index (χ1v) is 8.52. The highest BCUT2D eigenvalue weighted by molar-refractivity contribution is 6.04. The zero-order chi connectivity index (χ0) is 16.8. The Morgan fingerprint density at radius 2 is 1.83 bits per heavy atom. The molecule has 1 amide bonds. The van der Waals surface area contributed by atoms with Crippen molar-refractivity contribution in [3.63, 3.8) is 0 Å². The van der Waals surface area contributed by atoms with Gasteiger partial charge in [0.05, 0.1) is 0 Å². The lowest BCUT2D eigenvalue weighted by Gasteiger charge is -2.27. The summed E-state index contributed by atoms with van der Waals surface area (Å²) in [6.07, 6.45) is 2.10. The molecule has 2 aromatic carbocycles. The monoisotopic (exact) mass is 324 g/mol. The molecule has 0 unspecified atom stereocenters. The van der Waals surface area contributed by atoms with Gasteiger partial charge >= 0.3 is 0 Å². The van der Waals surface area contributed by atoms with Crippen molar-refractivity contribution in [2.45, 2.75) is 31.8 Å². The molecule has 1 aliphatic heterocycles. The van der Waals surface area contributed by atoms with Crippen molar-refractivity contribution in [2.24, 2.45) is 0 Å². The fourth-order valence-corrected chi connectivity index (χ4v) is 2.99. The molecule has 0 radical (unpaired) electrons. The molecule has 126 valence electrons. The highest BCUT2D eigenvalue weighted by Gasteiger charge is 2.17. The van der Waals surface area contributed by atoms with Crippen LogP contribution in [0.25, 0.3) is 0 Å². The number of carbonyl (C=O) groups excluding carboxylic acids is 1. The van der Waals surface area contributed by atoms with E-state index in [0.29, 0.717) is 11.6 Å². The van der Waals surface area contributed by atoms with E-state index in [1.165, 1.54) is 5.56 Å². The first-order chi connectivity index (χ1) is 11.7. The lowest BCUT2D eigenvalue weighted by Crippen LogP contribution is -2.36. The van der Waals surface area contributed by atoms with Gasteiger partial charge in [-0.05, 0) is 49.6 Å². The van der Waals surface area contributed by atoms with Crippen LogP contribution >= 0.6 is 0 Å². The quantitative estimate of drug-likeness (QED) is 0.880.